The molecule has 3 unspecified atom stereocenters. The zero-order valence-electron chi connectivity index (χ0n) is 10.1. The maximum Gasteiger partial charge on any atom is 0.163 e. The van der Waals surface area contributed by atoms with Crippen LogP contribution in [0.15, 0.2) is 0 Å². The highest BCUT2D eigenvalue weighted by atomic mass is 16.7. The first-order valence-corrected chi connectivity index (χ1v) is 6.08. The van der Waals surface area contributed by atoms with Gasteiger partial charge in [0, 0.05) is 18.9 Å². The summed E-state index contributed by atoms with van der Waals surface area (Å²) in [5.74, 6) is 0.984. The van der Waals surface area contributed by atoms with Gasteiger partial charge < -0.3 is 14.6 Å². The molecule has 0 aromatic carbocycles. The third kappa shape index (κ3) is 4.49. The van der Waals surface area contributed by atoms with Crippen molar-refractivity contribution < 1.29 is 14.6 Å². The van der Waals surface area contributed by atoms with Gasteiger partial charge in [-0.3, -0.25) is 0 Å². The second-order valence-electron chi connectivity index (χ2n) is 4.81. The van der Waals surface area contributed by atoms with E-state index in [0.29, 0.717) is 11.8 Å². The standard InChI is InChI=1S/C12H24O3/c1-4-5-6-14-12-10(7-9(2)3)8-11(13)15-12/h9-13H,4-8H2,1-3H3. The van der Waals surface area contributed by atoms with E-state index >= 15 is 0 Å². The van der Waals surface area contributed by atoms with Crippen molar-refractivity contribution >= 4 is 0 Å². The van der Waals surface area contributed by atoms with E-state index in [2.05, 4.69) is 20.8 Å². The molecule has 0 amide bonds. The molecule has 90 valence electrons. The maximum absolute atomic E-state index is 9.44. The van der Waals surface area contributed by atoms with Crippen molar-refractivity contribution in [2.24, 2.45) is 11.8 Å². The topological polar surface area (TPSA) is 38.7 Å². The minimum atomic E-state index is -0.625. The summed E-state index contributed by atoms with van der Waals surface area (Å²) in [6, 6.07) is 0. The number of ether oxygens (including phenoxy) is 2. The molecule has 1 N–H and O–H groups in total. The van der Waals surface area contributed by atoms with Crippen molar-refractivity contribution in [3.63, 3.8) is 0 Å². The molecule has 3 nitrogen and oxygen atoms in total. The molecular formula is C12H24O3. The van der Waals surface area contributed by atoms with E-state index in [0.717, 1.165) is 32.3 Å². The maximum atomic E-state index is 9.44. The molecule has 0 spiro atoms. The molecule has 1 heterocycles. The van der Waals surface area contributed by atoms with E-state index in [4.69, 9.17) is 9.47 Å². The number of rotatable bonds is 6. The van der Waals surface area contributed by atoms with Gasteiger partial charge in [0.1, 0.15) is 0 Å². The Morgan fingerprint density at radius 2 is 2.20 bits per heavy atom. The Balaban J connectivity index is 2.31. The van der Waals surface area contributed by atoms with E-state index < -0.39 is 6.29 Å². The van der Waals surface area contributed by atoms with E-state index in [1.165, 1.54) is 0 Å². The van der Waals surface area contributed by atoms with Crippen LogP contribution < -0.4 is 0 Å². The van der Waals surface area contributed by atoms with Crippen LogP contribution in [0.4, 0.5) is 0 Å². The van der Waals surface area contributed by atoms with Gasteiger partial charge in [0.25, 0.3) is 0 Å². The summed E-state index contributed by atoms with van der Waals surface area (Å²) in [5.41, 5.74) is 0. The smallest absolute Gasteiger partial charge is 0.163 e. The van der Waals surface area contributed by atoms with Gasteiger partial charge in [0.15, 0.2) is 12.6 Å². The lowest BCUT2D eigenvalue weighted by Gasteiger charge is -2.19. The van der Waals surface area contributed by atoms with Crippen LogP contribution in [0.1, 0.15) is 46.5 Å². The van der Waals surface area contributed by atoms with Gasteiger partial charge in [-0.15, -0.1) is 0 Å². The summed E-state index contributed by atoms with van der Waals surface area (Å²) in [7, 11) is 0. The molecule has 1 rings (SSSR count). The minimum Gasteiger partial charge on any atom is -0.368 e. The van der Waals surface area contributed by atoms with Crippen LogP contribution in [0.3, 0.4) is 0 Å². The molecule has 0 aliphatic carbocycles. The Hall–Kier alpha value is -0.120. The minimum absolute atomic E-state index is 0.186. The van der Waals surface area contributed by atoms with Crippen molar-refractivity contribution in [2.75, 3.05) is 6.61 Å². The van der Waals surface area contributed by atoms with Crippen molar-refractivity contribution in [1.82, 2.24) is 0 Å². The van der Waals surface area contributed by atoms with Crippen LogP contribution in [-0.4, -0.2) is 24.3 Å². The molecule has 3 atom stereocenters. The molecule has 0 bridgehead atoms. The predicted molar refractivity (Wildman–Crippen MR) is 59.3 cm³/mol. The van der Waals surface area contributed by atoms with Gasteiger partial charge in [-0.1, -0.05) is 27.2 Å². The summed E-state index contributed by atoms with van der Waals surface area (Å²) >= 11 is 0. The summed E-state index contributed by atoms with van der Waals surface area (Å²) in [6.07, 6.45) is 3.16. The highest BCUT2D eigenvalue weighted by Gasteiger charge is 2.34. The second kappa shape index (κ2) is 6.46. The highest BCUT2D eigenvalue weighted by Crippen LogP contribution is 2.31. The molecule has 0 radical (unpaired) electrons. The Kier molecular flexibility index (Phi) is 5.58. The van der Waals surface area contributed by atoms with Crippen molar-refractivity contribution in [3.05, 3.63) is 0 Å². The van der Waals surface area contributed by atoms with Crippen LogP contribution in [0.25, 0.3) is 0 Å². The van der Waals surface area contributed by atoms with Crippen molar-refractivity contribution in [2.45, 2.75) is 59.0 Å². The number of hydrogen-bond donors (Lipinski definition) is 1. The molecule has 0 aromatic rings. The van der Waals surface area contributed by atoms with E-state index in [1.807, 2.05) is 0 Å². The van der Waals surface area contributed by atoms with Crippen molar-refractivity contribution in [3.8, 4) is 0 Å². The number of aliphatic hydroxyl groups excluding tert-OH is 1. The normalized spacial score (nSPS) is 31.4. The molecule has 1 aliphatic rings. The Labute approximate surface area is 92.8 Å². The van der Waals surface area contributed by atoms with Crippen LogP contribution in [-0.2, 0) is 9.47 Å². The monoisotopic (exact) mass is 216 g/mol. The molecule has 15 heavy (non-hydrogen) atoms. The zero-order chi connectivity index (χ0) is 11.3. The van der Waals surface area contributed by atoms with Gasteiger partial charge in [-0.05, 0) is 18.8 Å². The van der Waals surface area contributed by atoms with Gasteiger partial charge in [0.2, 0.25) is 0 Å². The second-order valence-corrected chi connectivity index (χ2v) is 4.81. The third-order valence-corrected chi connectivity index (χ3v) is 2.73. The van der Waals surface area contributed by atoms with Crippen LogP contribution in [0, 0.1) is 11.8 Å². The fourth-order valence-corrected chi connectivity index (χ4v) is 2.02. The Bertz CT molecular complexity index is 170. The van der Waals surface area contributed by atoms with Crippen LogP contribution in [0.5, 0.6) is 0 Å². The predicted octanol–water partition coefficient (Wildman–Crippen LogP) is 2.53. The largest absolute Gasteiger partial charge is 0.368 e. The first-order chi connectivity index (χ1) is 7.13. The Morgan fingerprint density at radius 1 is 1.47 bits per heavy atom. The lowest BCUT2D eigenvalue weighted by Crippen LogP contribution is -2.22. The van der Waals surface area contributed by atoms with Gasteiger partial charge in [-0.2, -0.15) is 0 Å². The number of hydrogen-bond acceptors (Lipinski definition) is 3. The Morgan fingerprint density at radius 3 is 2.80 bits per heavy atom. The summed E-state index contributed by atoms with van der Waals surface area (Å²) in [5, 5.41) is 9.44. The molecular weight excluding hydrogens is 192 g/mol. The van der Waals surface area contributed by atoms with Gasteiger partial charge in [-0.25, -0.2) is 0 Å². The first kappa shape index (κ1) is 12.9. The molecule has 0 saturated carbocycles. The number of unbranched alkanes of at least 4 members (excludes halogenated alkanes) is 1. The summed E-state index contributed by atoms with van der Waals surface area (Å²) in [6.45, 7) is 7.25. The quantitative estimate of drug-likeness (QED) is 0.693. The third-order valence-electron chi connectivity index (χ3n) is 2.73. The van der Waals surface area contributed by atoms with E-state index in [9.17, 15) is 5.11 Å². The summed E-state index contributed by atoms with van der Waals surface area (Å²) in [4.78, 5) is 0. The molecule has 0 aromatic heterocycles. The lowest BCUT2D eigenvalue weighted by atomic mass is 9.95. The average molecular weight is 216 g/mol. The van der Waals surface area contributed by atoms with E-state index in [-0.39, 0.29) is 6.29 Å². The zero-order valence-corrected chi connectivity index (χ0v) is 10.1. The first-order valence-electron chi connectivity index (χ1n) is 6.08. The number of aliphatic hydroxyl groups is 1. The highest BCUT2D eigenvalue weighted by molar-refractivity contribution is 4.73. The average Bonchev–Trinajstić information content (AvgIpc) is 2.46. The molecule has 1 fully saturated rings. The molecule has 1 aliphatic heterocycles. The van der Waals surface area contributed by atoms with Gasteiger partial charge >= 0.3 is 0 Å². The van der Waals surface area contributed by atoms with Crippen molar-refractivity contribution in [1.29, 1.82) is 0 Å². The van der Waals surface area contributed by atoms with Crippen LogP contribution >= 0.6 is 0 Å². The lowest BCUT2D eigenvalue weighted by molar-refractivity contribution is -0.195. The fourth-order valence-electron chi connectivity index (χ4n) is 2.02. The van der Waals surface area contributed by atoms with Gasteiger partial charge in [0.05, 0.1) is 0 Å². The van der Waals surface area contributed by atoms with Crippen LogP contribution in [0.2, 0.25) is 0 Å². The summed E-state index contributed by atoms with van der Waals surface area (Å²) < 4.78 is 11.0. The van der Waals surface area contributed by atoms with E-state index in [1.54, 1.807) is 0 Å². The SMILES string of the molecule is CCCCOC1OC(O)CC1CC(C)C. The molecule has 3 heteroatoms. The fraction of sp³-hybridized carbons (Fsp3) is 1.00. The molecule has 1 saturated heterocycles.